The van der Waals surface area contributed by atoms with Crippen LogP contribution >= 0.6 is 0 Å². The van der Waals surface area contributed by atoms with Gasteiger partial charge in [-0.25, -0.2) is 0 Å². The van der Waals surface area contributed by atoms with Crippen molar-refractivity contribution in [2.45, 2.75) is 114 Å². The summed E-state index contributed by atoms with van der Waals surface area (Å²) < 4.78 is 1.30. The molecule has 3 heteroatoms. The second kappa shape index (κ2) is 14.4. The number of nitrogens with zero attached hydrogens (tertiary/aromatic N) is 1. The van der Waals surface area contributed by atoms with Gasteiger partial charge in [0.1, 0.15) is 0 Å². The molecule has 0 radical (unpaired) electrons. The van der Waals surface area contributed by atoms with E-state index < -0.39 is 0 Å². The molecule has 0 aliphatic rings. The molecule has 0 fully saturated rings. The second-order valence-electron chi connectivity index (χ2n) is 10.8. The number of aryl methyl sites for hydroxylation is 1. The molecular weight excluding hydrogens is 622 g/mol. The number of allylic oxidation sites excluding steroid dienone is 1. The molecule has 0 saturated carbocycles. The zero-order valence-corrected chi connectivity index (χ0v) is 28.1. The molecule has 0 aliphatic carbocycles. The van der Waals surface area contributed by atoms with Gasteiger partial charge in [0.25, 0.3) is 0 Å². The summed E-state index contributed by atoms with van der Waals surface area (Å²) in [5, 5.41) is 0. The van der Waals surface area contributed by atoms with E-state index in [9.17, 15) is 4.79 Å². The maximum atomic E-state index is 13.1. The van der Waals surface area contributed by atoms with Crippen molar-refractivity contribution in [3.05, 3.63) is 67.8 Å². The molecule has 37 heavy (non-hydrogen) atoms. The Morgan fingerprint density at radius 2 is 1.38 bits per heavy atom. The summed E-state index contributed by atoms with van der Waals surface area (Å²) >= 11 is 1.44. The zero-order valence-electron chi connectivity index (χ0n) is 25.2. The Bertz CT molecular complexity index is 1170. The van der Waals surface area contributed by atoms with Crippen molar-refractivity contribution in [3.8, 4) is 0 Å². The molecule has 2 aromatic carbocycles. The first-order chi connectivity index (χ1) is 17.5. The Kier molecular flexibility index (Phi) is 12.2. The first-order valence-corrected chi connectivity index (χ1v) is 15.6. The first kappa shape index (κ1) is 31.4. The van der Waals surface area contributed by atoms with Crippen molar-refractivity contribution in [3.63, 3.8) is 0 Å². The van der Waals surface area contributed by atoms with Crippen molar-refractivity contribution < 1.29 is 24.1 Å². The summed E-state index contributed by atoms with van der Waals surface area (Å²) in [7, 11) is 0. The van der Waals surface area contributed by atoms with Gasteiger partial charge in [-0.2, -0.15) is 0 Å². The third kappa shape index (κ3) is 7.63. The fourth-order valence-corrected chi connectivity index (χ4v) is 6.04. The molecule has 0 spiro atoms. The summed E-state index contributed by atoms with van der Waals surface area (Å²) in [5.74, 6) is 0.195. The van der Waals surface area contributed by atoms with Gasteiger partial charge in [-0.1, -0.05) is 26.7 Å². The number of anilines is 1. The number of hydrogen-bond acceptors (Lipinski definition) is 2. The van der Waals surface area contributed by atoms with Gasteiger partial charge in [0.05, 0.1) is 0 Å². The topological polar surface area (TPSA) is 20.3 Å². The molecule has 2 nitrogen and oxygen atoms in total. The average molecular weight is 672 g/mol. The Labute approximate surface area is 238 Å². The van der Waals surface area contributed by atoms with Crippen molar-refractivity contribution >= 4 is 21.6 Å². The number of unbranched alkanes of at least 4 members (excludes halogenated alkanes) is 2. The Balaban J connectivity index is 2.31. The van der Waals surface area contributed by atoms with Crippen LogP contribution in [0.5, 0.6) is 0 Å². The van der Waals surface area contributed by atoms with Crippen LogP contribution in [0.3, 0.4) is 0 Å². The number of benzene rings is 2. The molecule has 202 valence electrons. The SMILES string of the molecule is CCCCc1c(C)c(C)c(/C=C/C(=O)CCN([C](C)=[W])c2cc(C)c(C)c(C)c2C)c(C)c1CCCC. The van der Waals surface area contributed by atoms with E-state index in [0.717, 1.165) is 19.4 Å². The van der Waals surface area contributed by atoms with Gasteiger partial charge in [0, 0.05) is 0 Å². The van der Waals surface area contributed by atoms with E-state index >= 15 is 0 Å². The summed E-state index contributed by atoms with van der Waals surface area (Å²) in [6, 6.07) is 2.29. The summed E-state index contributed by atoms with van der Waals surface area (Å²) in [4.78, 5) is 15.5. The van der Waals surface area contributed by atoms with Crippen LogP contribution in [0.2, 0.25) is 0 Å². The monoisotopic (exact) mass is 671 g/mol. The van der Waals surface area contributed by atoms with E-state index in [1.807, 2.05) is 6.08 Å². The van der Waals surface area contributed by atoms with Crippen LogP contribution in [-0.4, -0.2) is 16.3 Å². The average Bonchev–Trinajstić information content (AvgIpc) is 2.86. The van der Waals surface area contributed by atoms with E-state index in [4.69, 9.17) is 0 Å². The first-order valence-electron chi connectivity index (χ1n) is 14.1. The van der Waals surface area contributed by atoms with Crippen LogP contribution in [0.15, 0.2) is 12.1 Å². The van der Waals surface area contributed by atoms with Crippen LogP contribution in [0.25, 0.3) is 6.08 Å². The molecule has 0 atom stereocenters. The molecule has 0 aromatic heterocycles. The Morgan fingerprint density at radius 3 is 1.92 bits per heavy atom. The van der Waals surface area contributed by atoms with E-state index in [2.05, 4.69) is 86.3 Å². The summed E-state index contributed by atoms with van der Waals surface area (Å²) in [6.45, 7) is 23.0. The predicted octanol–water partition coefficient (Wildman–Crippen LogP) is 8.71. The molecule has 0 amide bonds. The van der Waals surface area contributed by atoms with Gasteiger partial charge in [0.15, 0.2) is 0 Å². The van der Waals surface area contributed by atoms with Crippen LogP contribution in [-0.2, 0) is 37.0 Å². The zero-order chi connectivity index (χ0) is 27.9. The van der Waals surface area contributed by atoms with E-state index in [0.29, 0.717) is 6.42 Å². The predicted molar refractivity (Wildman–Crippen MR) is 160 cm³/mol. The van der Waals surface area contributed by atoms with Crippen molar-refractivity contribution in [2.24, 2.45) is 0 Å². The fourth-order valence-electron chi connectivity index (χ4n) is 5.36. The molecule has 0 unspecified atom stereocenters. The third-order valence-corrected chi connectivity index (χ3v) is 9.14. The minimum atomic E-state index is 0.195. The smallest absolute Gasteiger partial charge is 0.0654 e. The van der Waals surface area contributed by atoms with Crippen LogP contribution in [0.1, 0.15) is 109 Å². The molecule has 0 saturated heterocycles. The minimum absolute atomic E-state index is 0.195. The van der Waals surface area contributed by atoms with Crippen LogP contribution < -0.4 is 4.90 Å². The fraction of sp³-hybridized carbons (Fsp3) is 0.529. The van der Waals surface area contributed by atoms with Crippen molar-refractivity contribution in [2.75, 3.05) is 11.4 Å². The normalized spacial score (nSPS) is 11.4. The Hall–Kier alpha value is -1.79. The minimum Gasteiger partial charge on any atom is -0.0654 e. The molecule has 2 aromatic rings. The number of ketones is 1. The molecule has 2 rings (SSSR count). The van der Waals surface area contributed by atoms with E-state index in [-0.39, 0.29) is 5.78 Å². The van der Waals surface area contributed by atoms with Gasteiger partial charge in [-0.3, -0.25) is 0 Å². The quantitative estimate of drug-likeness (QED) is 0.199. The molecule has 0 N–H and O–H groups in total. The number of carbonyl (C=O) groups is 1. The third-order valence-electron chi connectivity index (χ3n) is 8.34. The van der Waals surface area contributed by atoms with Crippen molar-refractivity contribution in [1.82, 2.24) is 0 Å². The van der Waals surface area contributed by atoms with Gasteiger partial charge >= 0.3 is 206 Å². The van der Waals surface area contributed by atoms with Gasteiger partial charge in [-0.05, 0) is 6.42 Å². The molecule has 0 bridgehead atoms. The molecule has 0 aliphatic heterocycles. The summed E-state index contributed by atoms with van der Waals surface area (Å²) in [5.41, 5.74) is 15.0. The van der Waals surface area contributed by atoms with E-state index in [1.165, 1.54) is 105 Å². The Morgan fingerprint density at radius 1 is 0.811 bits per heavy atom. The standard InChI is InChI=1S/C34H49NO.W/c1-11-14-16-32-27(8)26(7)31(29(10)33(32)17-15-12-2)19-18-30(36)20-21-35(13-3)34-22-23(4)24(5)25(6)28(34)9;/h18-19,22H,11-12,14-17,20-21H2,1-10H3;/b19-18+;. The van der Waals surface area contributed by atoms with Crippen LogP contribution in [0, 0.1) is 48.5 Å². The molecule has 0 heterocycles. The molecular formula is C34H49NOW. The maximum absolute atomic E-state index is 13.1. The number of rotatable bonds is 13. The van der Waals surface area contributed by atoms with Gasteiger partial charge in [0.2, 0.25) is 0 Å². The summed E-state index contributed by atoms with van der Waals surface area (Å²) in [6.07, 6.45) is 11.6. The second-order valence-corrected chi connectivity index (χ2v) is 12.9. The van der Waals surface area contributed by atoms with E-state index in [1.54, 1.807) is 5.56 Å². The van der Waals surface area contributed by atoms with Crippen molar-refractivity contribution in [1.29, 1.82) is 0 Å². The van der Waals surface area contributed by atoms with Gasteiger partial charge < -0.3 is 0 Å². The number of carbonyl (C=O) groups excluding carboxylic acids is 1. The van der Waals surface area contributed by atoms with Crippen LogP contribution in [0.4, 0.5) is 5.69 Å². The van der Waals surface area contributed by atoms with Gasteiger partial charge in [-0.15, -0.1) is 0 Å². The number of hydrogen-bond donors (Lipinski definition) is 0.